The second-order valence-electron chi connectivity index (χ2n) is 5.08. The number of aryl methyl sites for hydroxylation is 1. The summed E-state index contributed by atoms with van der Waals surface area (Å²) >= 11 is 0. The molecular weight excluding hydrogens is 242 g/mol. The second-order valence-corrected chi connectivity index (χ2v) is 5.08. The van der Waals surface area contributed by atoms with Crippen LogP contribution in [0.4, 0.5) is 5.69 Å². The zero-order valence-electron chi connectivity index (χ0n) is 11.4. The van der Waals surface area contributed by atoms with Crippen molar-refractivity contribution in [3.63, 3.8) is 0 Å². The van der Waals surface area contributed by atoms with E-state index in [9.17, 15) is 4.79 Å². The Morgan fingerprint density at radius 2 is 2.21 bits per heavy atom. The van der Waals surface area contributed by atoms with E-state index in [-0.39, 0.29) is 17.9 Å². The number of carbonyl (C=O) groups is 1. The number of rotatable bonds is 4. The first kappa shape index (κ1) is 13.5. The highest BCUT2D eigenvalue weighted by Crippen LogP contribution is 2.20. The predicted molar refractivity (Wildman–Crippen MR) is 74.8 cm³/mol. The molecule has 1 aromatic carbocycles. The average molecular weight is 261 g/mol. The third-order valence-electron chi connectivity index (χ3n) is 3.06. The van der Waals surface area contributed by atoms with E-state index in [1.54, 1.807) is 25.1 Å². The minimum atomic E-state index is -0.127. The van der Waals surface area contributed by atoms with E-state index in [2.05, 4.69) is 10.3 Å². The number of oxazole rings is 1. The highest BCUT2D eigenvalue weighted by atomic mass is 16.3. The fourth-order valence-corrected chi connectivity index (χ4v) is 1.78. The number of amides is 1. The molecule has 0 saturated carbocycles. The molecule has 0 aliphatic heterocycles. The summed E-state index contributed by atoms with van der Waals surface area (Å²) in [6, 6.07) is 5.27. The molecule has 0 bridgehead atoms. The first-order valence-corrected chi connectivity index (χ1v) is 6.38. The molecule has 1 heterocycles. The summed E-state index contributed by atoms with van der Waals surface area (Å²) in [6.07, 6.45) is 0.313. The van der Waals surface area contributed by atoms with Crippen molar-refractivity contribution in [3.05, 3.63) is 24.1 Å². The van der Waals surface area contributed by atoms with Crippen LogP contribution in [0.3, 0.4) is 0 Å². The van der Waals surface area contributed by atoms with Gasteiger partial charge in [0.1, 0.15) is 5.52 Å². The number of carbonyl (C=O) groups excluding carboxylic acids is 1. The van der Waals surface area contributed by atoms with E-state index in [4.69, 9.17) is 10.2 Å². The lowest BCUT2D eigenvalue weighted by molar-refractivity contribution is -0.116. The van der Waals surface area contributed by atoms with Gasteiger partial charge in [-0.15, -0.1) is 0 Å². The van der Waals surface area contributed by atoms with Gasteiger partial charge in [0.15, 0.2) is 11.5 Å². The van der Waals surface area contributed by atoms with E-state index < -0.39 is 0 Å². The predicted octanol–water partition coefficient (Wildman–Crippen LogP) is 2.45. The van der Waals surface area contributed by atoms with E-state index in [0.29, 0.717) is 18.0 Å². The van der Waals surface area contributed by atoms with Crippen molar-refractivity contribution in [2.45, 2.75) is 33.2 Å². The van der Waals surface area contributed by atoms with Crippen LogP contribution in [-0.2, 0) is 4.79 Å². The van der Waals surface area contributed by atoms with Gasteiger partial charge in [0.05, 0.1) is 0 Å². The summed E-state index contributed by atoms with van der Waals surface area (Å²) in [7, 11) is 0. The van der Waals surface area contributed by atoms with Crippen LogP contribution in [-0.4, -0.2) is 16.9 Å². The molecule has 19 heavy (non-hydrogen) atoms. The summed E-state index contributed by atoms with van der Waals surface area (Å²) in [5.74, 6) is 0.812. The fourth-order valence-electron chi connectivity index (χ4n) is 1.78. The van der Waals surface area contributed by atoms with Gasteiger partial charge in [-0.05, 0) is 24.1 Å². The van der Waals surface area contributed by atoms with Crippen LogP contribution < -0.4 is 11.1 Å². The number of benzene rings is 1. The SMILES string of the molecule is Cc1nc2cc(NC(=O)CC(N)C(C)C)ccc2o1. The molecule has 2 aromatic rings. The maximum atomic E-state index is 11.8. The van der Waals surface area contributed by atoms with Crippen molar-refractivity contribution in [1.29, 1.82) is 0 Å². The molecule has 5 heteroatoms. The number of hydrogen-bond acceptors (Lipinski definition) is 4. The van der Waals surface area contributed by atoms with Crippen LogP contribution in [0.25, 0.3) is 11.1 Å². The highest BCUT2D eigenvalue weighted by Gasteiger charge is 2.13. The number of anilines is 1. The molecule has 1 aromatic heterocycles. The number of aromatic nitrogens is 1. The number of fused-ring (bicyclic) bond motifs is 1. The van der Waals surface area contributed by atoms with E-state index in [0.717, 1.165) is 11.1 Å². The molecule has 1 unspecified atom stereocenters. The maximum absolute atomic E-state index is 11.8. The Morgan fingerprint density at radius 3 is 2.89 bits per heavy atom. The lowest BCUT2D eigenvalue weighted by atomic mass is 10.0. The van der Waals surface area contributed by atoms with Crippen LogP contribution in [0.5, 0.6) is 0 Å². The Balaban J connectivity index is 2.06. The number of hydrogen-bond donors (Lipinski definition) is 2. The molecule has 1 atom stereocenters. The van der Waals surface area contributed by atoms with Crippen molar-refractivity contribution in [3.8, 4) is 0 Å². The molecule has 0 aliphatic rings. The molecule has 0 spiro atoms. The number of nitrogens with zero attached hydrogens (tertiary/aromatic N) is 1. The molecule has 5 nitrogen and oxygen atoms in total. The van der Waals surface area contributed by atoms with Crippen molar-refractivity contribution in [2.75, 3.05) is 5.32 Å². The Bertz CT molecular complexity index is 589. The smallest absolute Gasteiger partial charge is 0.225 e. The van der Waals surface area contributed by atoms with Crippen LogP contribution in [0.1, 0.15) is 26.2 Å². The summed E-state index contributed by atoms with van der Waals surface area (Å²) < 4.78 is 5.38. The molecule has 1 amide bonds. The zero-order chi connectivity index (χ0) is 14.0. The van der Waals surface area contributed by atoms with Crippen LogP contribution in [0, 0.1) is 12.8 Å². The van der Waals surface area contributed by atoms with Gasteiger partial charge in [-0.3, -0.25) is 4.79 Å². The molecule has 3 N–H and O–H groups in total. The van der Waals surface area contributed by atoms with Gasteiger partial charge in [0.2, 0.25) is 5.91 Å². The fraction of sp³-hybridized carbons (Fsp3) is 0.429. The second kappa shape index (κ2) is 5.40. The Hall–Kier alpha value is -1.88. The average Bonchev–Trinajstić information content (AvgIpc) is 2.68. The molecule has 102 valence electrons. The largest absolute Gasteiger partial charge is 0.441 e. The lowest BCUT2D eigenvalue weighted by Crippen LogP contribution is -2.31. The molecule has 0 saturated heterocycles. The Morgan fingerprint density at radius 1 is 1.47 bits per heavy atom. The maximum Gasteiger partial charge on any atom is 0.225 e. The third-order valence-corrected chi connectivity index (χ3v) is 3.06. The minimum Gasteiger partial charge on any atom is -0.441 e. The molecule has 0 fully saturated rings. The summed E-state index contributed by atoms with van der Waals surface area (Å²) in [6.45, 7) is 5.80. The first-order valence-electron chi connectivity index (χ1n) is 6.38. The van der Waals surface area contributed by atoms with Gasteiger partial charge in [-0.1, -0.05) is 13.8 Å². The van der Waals surface area contributed by atoms with Crippen molar-refractivity contribution < 1.29 is 9.21 Å². The van der Waals surface area contributed by atoms with Gasteiger partial charge < -0.3 is 15.5 Å². The summed E-state index contributed by atoms with van der Waals surface area (Å²) in [4.78, 5) is 16.1. The number of nitrogens with one attached hydrogen (secondary N) is 1. The van der Waals surface area contributed by atoms with Gasteiger partial charge in [0, 0.05) is 25.1 Å². The lowest BCUT2D eigenvalue weighted by Gasteiger charge is -2.14. The Labute approximate surface area is 112 Å². The standard InChI is InChI=1S/C14H19N3O2/c1-8(2)11(15)7-14(18)17-10-4-5-13-12(6-10)16-9(3)19-13/h4-6,8,11H,7,15H2,1-3H3,(H,17,18). The Kier molecular flexibility index (Phi) is 3.85. The highest BCUT2D eigenvalue weighted by molar-refractivity contribution is 5.93. The van der Waals surface area contributed by atoms with E-state index in [1.807, 2.05) is 13.8 Å². The molecule has 0 aliphatic carbocycles. The van der Waals surface area contributed by atoms with Gasteiger partial charge in [-0.25, -0.2) is 4.98 Å². The van der Waals surface area contributed by atoms with E-state index >= 15 is 0 Å². The monoisotopic (exact) mass is 261 g/mol. The van der Waals surface area contributed by atoms with Gasteiger partial charge >= 0.3 is 0 Å². The van der Waals surface area contributed by atoms with Crippen LogP contribution >= 0.6 is 0 Å². The minimum absolute atomic E-state index is 0.0826. The summed E-state index contributed by atoms with van der Waals surface area (Å²) in [5, 5.41) is 2.83. The normalized spacial score (nSPS) is 12.9. The van der Waals surface area contributed by atoms with E-state index in [1.165, 1.54) is 0 Å². The summed E-state index contributed by atoms with van der Waals surface area (Å²) in [5.41, 5.74) is 8.04. The topological polar surface area (TPSA) is 81.2 Å². The quantitative estimate of drug-likeness (QED) is 0.885. The van der Waals surface area contributed by atoms with Crippen LogP contribution in [0.15, 0.2) is 22.6 Å². The number of nitrogens with two attached hydrogens (primary N) is 1. The third kappa shape index (κ3) is 3.32. The van der Waals surface area contributed by atoms with Gasteiger partial charge in [0.25, 0.3) is 0 Å². The van der Waals surface area contributed by atoms with Crippen molar-refractivity contribution >= 4 is 22.7 Å². The van der Waals surface area contributed by atoms with Crippen molar-refractivity contribution in [2.24, 2.45) is 11.7 Å². The van der Waals surface area contributed by atoms with Gasteiger partial charge in [-0.2, -0.15) is 0 Å². The molecule has 0 radical (unpaired) electrons. The van der Waals surface area contributed by atoms with Crippen LogP contribution in [0.2, 0.25) is 0 Å². The first-order chi connectivity index (χ1) is 8.95. The zero-order valence-corrected chi connectivity index (χ0v) is 11.4. The molecule has 2 rings (SSSR count). The molecular formula is C14H19N3O2. The van der Waals surface area contributed by atoms with Crippen molar-refractivity contribution in [1.82, 2.24) is 4.98 Å².